The predicted molar refractivity (Wildman–Crippen MR) is 112 cm³/mol. The van der Waals surface area contributed by atoms with Gasteiger partial charge in [0.25, 0.3) is 0 Å². The molecule has 0 radical (unpaired) electrons. The minimum atomic E-state index is -0.344. The molecule has 0 unspecified atom stereocenters. The molecule has 0 fully saturated rings. The zero-order valence-electron chi connectivity index (χ0n) is 15.6. The Bertz CT molecular complexity index is 1170. The number of rotatable bonds is 4. The van der Waals surface area contributed by atoms with E-state index in [1.165, 1.54) is 13.1 Å². The molecule has 3 aromatic rings. The van der Waals surface area contributed by atoms with Gasteiger partial charge in [0.2, 0.25) is 5.91 Å². The van der Waals surface area contributed by atoms with Gasteiger partial charge in [-0.3, -0.25) is 19.8 Å². The van der Waals surface area contributed by atoms with Gasteiger partial charge in [-0.05, 0) is 18.2 Å². The van der Waals surface area contributed by atoms with E-state index in [0.29, 0.717) is 16.7 Å². The van der Waals surface area contributed by atoms with Crippen LogP contribution in [0.25, 0.3) is 0 Å². The maximum atomic E-state index is 13.1. The average molecular weight is 383 g/mol. The van der Waals surface area contributed by atoms with E-state index in [-0.39, 0.29) is 34.3 Å². The number of carbonyl (C=O) groups excluding carboxylic acids is 3. The Morgan fingerprint density at radius 1 is 0.828 bits per heavy atom. The molecule has 142 valence electrons. The minimum Gasteiger partial charge on any atom is -0.325 e. The summed E-state index contributed by atoms with van der Waals surface area (Å²) in [6.07, 6.45) is 1.51. The molecule has 6 nitrogen and oxygen atoms in total. The maximum absolute atomic E-state index is 13.1. The van der Waals surface area contributed by atoms with Gasteiger partial charge in [-0.2, -0.15) is 5.10 Å². The molecule has 0 spiro atoms. The highest BCUT2D eigenvalue weighted by molar-refractivity contribution is 6.31. The van der Waals surface area contributed by atoms with E-state index in [1.54, 1.807) is 36.4 Å². The molecule has 1 amide bonds. The summed E-state index contributed by atoms with van der Waals surface area (Å²) in [6.45, 7) is 1.35. The number of anilines is 2. The van der Waals surface area contributed by atoms with Crippen molar-refractivity contribution >= 4 is 35.1 Å². The molecule has 1 aliphatic carbocycles. The Morgan fingerprint density at radius 3 is 2.17 bits per heavy atom. The smallest absolute Gasteiger partial charge is 0.221 e. The van der Waals surface area contributed by atoms with Crippen LogP contribution < -0.4 is 10.7 Å². The van der Waals surface area contributed by atoms with Crippen molar-refractivity contribution in [3.63, 3.8) is 0 Å². The molecule has 4 rings (SSSR count). The second-order valence-corrected chi connectivity index (χ2v) is 6.57. The lowest BCUT2D eigenvalue weighted by molar-refractivity contribution is -0.114. The molecule has 0 saturated heterocycles. The summed E-state index contributed by atoms with van der Waals surface area (Å²) in [5, 5.41) is 6.90. The third-order valence-electron chi connectivity index (χ3n) is 4.60. The number of hydrogen-bond donors (Lipinski definition) is 2. The molecule has 0 aliphatic heterocycles. The normalized spacial score (nSPS) is 12.4. The molecule has 0 heterocycles. The Hall–Kier alpha value is -4.06. The number of nitrogens with one attached hydrogen (secondary N) is 2. The summed E-state index contributed by atoms with van der Waals surface area (Å²) in [6, 6.07) is 19.3. The van der Waals surface area contributed by atoms with Gasteiger partial charge in [0.1, 0.15) is 0 Å². The number of hydrazone groups is 1. The summed E-state index contributed by atoms with van der Waals surface area (Å²) < 4.78 is 0. The largest absolute Gasteiger partial charge is 0.325 e. The highest BCUT2D eigenvalue weighted by Gasteiger charge is 2.32. The lowest BCUT2D eigenvalue weighted by atomic mass is 9.82. The van der Waals surface area contributed by atoms with Gasteiger partial charge < -0.3 is 5.32 Å². The van der Waals surface area contributed by atoms with E-state index in [2.05, 4.69) is 15.8 Å². The molecule has 1 aliphatic rings. The number of fused-ring (bicyclic) bond motifs is 2. The summed E-state index contributed by atoms with van der Waals surface area (Å²) in [5.41, 5.74) is 5.63. The lowest BCUT2D eigenvalue weighted by Gasteiger charge is -2.21. The van der Waals surface area contributed by atoms with E-state index in [9.17, 15) is 14.4 Å². The van der Waals surface area contributed by atoms with Crippen molar-refractivity contribution in [2.45, 2.75) is 6.92 Å². The summed E-state index contributed by atoms with van der Waals surface area (Å²) in [4.78, 5) is 37.8. The van der Waals surface area contributed by atoms with Crippen LogP contribution in [0.1, 0.15) is 44.3 Å². The fourth-order valence-corrected chi connectivity index (χ4v) is 3.31. The van der Waals surface area contributed by atoms with Gasteiger partial charge in [-0.1, -0.05) is 48.5 Å². The van der Waals surface area contributed by atoms with E-state index >= 15 is 0 Å². The lowest BCUT2D eigenvalue weighted by Crippen LogP contribution is -2.24. The van der Waals surface area contributed by atoms with Crippen LogP contribution in [0.4, 0.5) is 11.4 Å². The third-order valence-corrected chi connectivity index (χ3v) is 4.60. The van der Waals surface area contributed by atoms with Crippen LogP contribution in [0, 0.1) is 0 Å². The molecule has 0 saturated carbocycles. The van der Waals surface area contributed by atoms with Crippen molar-refractivity contribution in [1.82, 2.24) is 0 Å². The van der Waals surface area contributed by atoms with Gasteiger partial charge in [-0.25, -0.2) is 0 Å². The topological polar surface area (TPSA) is 87.6 Å². The monoisotopic (exact) mass is 383 g/mol. The second kappa shape index (κ2) is 7.52. The Morgan fingerprint density at radius 2 is 1.48 bits per heavy atom. The van der Waals surface area contributed by atoms with Crippen LogP contribution in [0.3, 0.4) is 0 Å². The van der Waals surface area contributed by atoms with Crippen molar-refractivity contribution in [3.8, 4) is 0 Å². The Labute approximate surface area is 167 Å². The number of ketones is 2. The summed E-state index contributed by atoms with van der Waals surface area (Å²) >= 11 is 0. The first-order chi connectivity index (χ1) is 14.1. The number of benzene rings is 3. The van der Waals surface area contributed by atoms with Crippen LogP contribution in [0.5, 0.6) is 0 Å². The first-order valence-corrected chi connectivity index (χ1v) is 9.03. The fraction of sp³-hybridized carbons (Fsp3) is 0.0435. The first kappa shape index (κ1) is 18.3. The van der Waals surface area contributed by atoms with Gasteiger partial charge in [0.15, 0.2) is 11.6 Å². The van der Waals surface area contributed by atoms with Crippen molar-refractivity contribution < 1.29 is 14.4 Å². The maximum Gasteiger partial charge on any atom is 0.221 e. The molecular formula is C23H17N3O3. The third kappa shape index (κ3) is 3.43. The SMILES string of the molecule is CC(=O)Nc1c(C=NNc2ccccc2)ccc2c1C(=O)c1ccccc1C2=O. The number of hydrogen-bond acceptors (Lipinski definition) is 5. The van der Waals surface area contributed by atoms with E-state index in [0.717, 1.165) is 5.69 Å². The van der Waals surface area contributed by atoms with Crippen LogP contribution in [0.15, 0.2) is 71.8 Å². The molecule has 2 N–H and O–H groups in total. The molecule has 0 aromatic heterocycles. The van der Waals surface area contributed by atoms with E-state index in [1.807, 2.05) is 30.3 Å². The van der Waals surface area contributed by atoms with Crippen molar-refractivity contribution in [2.24, 2.45) is 5.10 Å². The minimum absolute atomic E-state index is 0.188. The summed E-state index contributed by atoms with van der Waals surface area (Å²) in [7, 11) is 0. The molecule has 3 aromatic carbocycles. The standard InChI is InChI=1S/C23H17N3O3/c1-14(27)25-21-15(13-24-26-16-7-3-2-4-8-16)11-12-19-20(21)23(29)18-10-6-5-9-17(18)22(19)28/h2-13,26H,1H3,(H,25,27). The van der Waals surface area contributed by atoms with Crippen molar-refractivity contribution in [3.05, 3.63) is 94.5 Å². The molecule has 29 heavy (non-hydrogen) atoms. The summed E-state index contributed by atoms with van der Waals surface area (Å²) in [5.74, 6) is -0.888. The van der Waals surface area contributed by atoms with Gasteiger partial charge in [-0.15, -0.1) is 0 Å². The van der Waals surface area contributed by atoms with Crippen LogP contribution in [-0.4, -0.2) is 23.7 Å². The number of carbonyl (C=O) groups is 3. The molecule has 0 atom stereocenters. The van der Waals surface area contributed by atoms with Crippen LogP contribution >= 0.6 is 0 Å². The average Bonchev–Trinajstić information content (AvgIpc) is 2.73. The number of amides is 1. The van der Waals surface area contributed by atoms with Gasteiger partial charge in [0.05, 0.1) is 23.2 Å². The molecular weight excluding hydrogens is 366 g/mol. The number of para-hydroxylation sites is 1. The van der Waals surface area contributed by atoms with Crippen molar-refractivity contribution in [1.29, 1.82) is 0 Å². The fourth-order valence-electron chi connectivity index (χ4n) is 3.31. The van der Waals surface area contributed by atoms with Gasteiger partial charge >= 0.3 is 0 Å². The predicted octanol–water partition coefficient (Wildman–Crippen LogP) is 3.87. The second-order valence-electron chi connectivity index (χ2n) is 6.57. The Balaban J connectivity index is 1.79. The van der Waals surface area contributed by atoms with Gasteiger partial charge in [0, 0.05) is 29.2 Å². The van der Waals surface area contributed by atoms with Crippen molar-refractivity contribution in [2.75, 3.05) is 10.7 Å². The zero-order chi connectivity index (χ0) is 20.4. The Kier molecular flexibility index (Phi) is 4.75. The zero-order valence-corrected chi connectivity index (χ0v) is 15.6. The number of nitrogens with zero attached hydrogens (tertiary/aromatic N) is 1. The highest BCUT2D eigenvalue weighted by Crippen LogP contribution is 2.33. The van der Waals surface area contributed by atoms with E-state index in [4.69, 9.17) is 0 Å². The first-order valence-electron chi connectivity index (χ1n) is 9.03. The molecule has 0 bridgehead atoms. The van der Waals surface area contributed by atoms with Crippen LogP contribution in [0.2, 0.25) is 0 Å². The van der Waals surface area contributed by atoms with E-state index < -0.39 is 0 Å². The quantitative estimate of drug-likeness (QED) is 0.414. The van der Waals surface area contributed by atoms with Crippen LogP contribution in [-0.2, 0) is 4.79 Å². The molecule has 6 heteroatoms. The highest BCUT2D eigenvalue weighted by atomic mass is 16.2.